The van der Waals surface area contributed by atoms with E-state index in [4.69, 9.17) is 0 Å². The van der Waals surface area contributed by atoms with Crippen LogP contribution in [0.5, 0.6) is 0 Å². The maximum Gasteiger partial charge on any atom is 0.312 e. The van der Waals surface area contributed by atoms with Gasteiger partial charge < -0.3 is 5.11 Å². The average Bonchev–Trinajstić information content (AvgIpc) is 2.72. The fraction of sp³-hybridized carbons (Fsp3) is 0.583. The van der Waals surface area contributed by atoms with Crippen molar-refractivity contribution >= 4 is 17.3 Å². The molecule has 1 aromatic rings. The van der Waals surface area contributed by atoms with E-state index in [9.17, 15) is 9.90 Å². The summed E-state index contributed by atoms with van der Waals surface area (Å²) >= 11 is 1.57. The Hall–Kier alpha value is -0.830. The zero-order valence-corrected chi connectivity index (χ0v) is 9.50. The molecule has 82 valence electrons. The van der Waals surface area contributed by atoms with Crippen molar-refractivity contribution in [2.75, 3.05) is 0 Å². The largest absolute Gasteiger partial charge is 0.481 e. The normalized spacial score (nSPS) is 20.0. The molecule has 1 N–H and O–H groups in total. The first-order chi connectivity index (χ1) is 7.29. The van der Waals surface area contributed by atoms with Gasteiger partial charge in [0, 0.05) is 4.88 Å². The number of thiophene rings is 1. The molecule has 0 spiro atoms. The number of hydrogen-bond acceptors (Lipinski definition) is 2. The highest BCUT2D eigenvalue weighted by atomic mass is 32.1. The molecule has 1 unspecified atom stereocenters. The van der Waals surface area contributed by atoms with Crippen molar-refractivity contribution in [2.45, 2.75) is 38.0 Å². The Bertz CT molecular complexity index is 312. The van der Waals surface area contributed by atoms with E-state index >= 15 is 0 Å². The fourth-order valence-corrected chi connectivity index (χ4v) is 3.40. The second-order valence-electron chi connectivity index (χ2n) is 4.23. The van der Waals surface area contributed by atoms with E-state index in [0.717, 1.165) is 17.7 Å². The number of carboxylic acid groups (broad SMARTS) is 1. The van der Waals surface area contributed by atoms with Crippen LogP contribution in [0.2, 0.25) is 0 Å². The summed E-state index contributed by atoms with van der Waals surface area (Å²) < 4.78 is 0. The summed E-state index contributed by atoms with van der Waals surface area (Å²) in [5.41, 5.74) is 0. The van der Waals surface area contributed by atoms with Crippen molar-refractivity contribution in [1.82, 2.24) is 0 Å². The first-order valence-electron chi connectivity index (χ1n) is 5.55. The zero-order chi connectivity index (χ0) is 10.7. The van der Waals surface area contributed by atoms with Gasteiger partial charge >= 0.3 is 5.97 Å². The second-order valence-corrected chi connectivity index (χ2v) is 5.21. The highest BCUT2D eigenvalue weighted by molar-refractivity contribution is 7.10. The topological polar surface area (TPSA) is 37.3 Å². The van der Waals surface area contributed by atoms with Crippen LogP contribution in [-0.2, 0) is 4.79 Å². The summed E-state index contributed by atoms with van der Waals surface area (Å²) in [6.07, 6.45) is 5.82. The van der Waals surface area contributed by atoms with E-state index in [1.54, 1.807) is 11.3 Å². The van der Waals surface area contributed by atoms with E-state index in [0.29, 0.717) is 5.92 Å². The Morgan fingerprint density at radius 1 is 1.40 bits per heavy atom. The SMILES string of the molecule is O=C(O)C(c1cccs1)C1CCCCC1. The van der Waals surface area contributed by atoms with Gasteiger partial charge in [0.05, 0.1) is 5.92 Å². The van der Waals surface area contributed by atoms with Gasteiger partial charge in [0.2, 0.25) is 0 Å². The van der Waals surface area contributed by atoms with Crippen molar-refractivity contribution in [2.24, 2.45) is 5.92 Å². The summed E-state index contributed by atoms with van der Waals surface area (Å²) in [6, 6.07) is 3.90. The van der Waals surface area contributed by atoms with E-state index in [2.05, 4.69) is 0 Å². The standard InChI is InChI=1S/C12H16O2S/c13-12(14)11(10-7-4-8-15-10)9-5-2-1-3-6-9/h4,7-9,11H,1-3,5-6H2,(H,13,14). The first kappa shape index (κ1) is 10.7. The lowest BCUT2D eigenvalue weighted by Gasteiger charge is -2.26. The Kier molecular flexibility index (Phi) is 3.41. The van der Waals surface area contributed by atoms with Crippen LogP contribution >= 0.6 is 11.3 Å². The van der Waals surface area contributed by atoms with Gasteiger partial charge in [-0.25, -0.2) is 0 Å². The van der Waals surface area contributed by atoms with E-state index in [1.807, 2.05) is 17.5 Å². The molecule has 0 radical (unpaired) electrons. The van der Waals surface area contributed by atoms with Crippen molar-refractivity contribution in [3.8, 4) is 0 Å². The molecule has 1 atom stereocenters. The third kappa shape index (κ3) is 2.40. The molecule has 1 aliphatic carbocycles. The van der Waals surface area contributed by atoms with Crippen molar-refractivity contribution in [3.63, 3.8) is 0 Å². The molecule has 1 aromatic heterocycles. The predicted molar refractivity (Wildman–Crippen MR) is 61.3 cm³/mol. The monoisotopic (exact) mass is 224 g/mol. The molecule has 1 heterocycles. The number of aliphatic carboxylic acids is 1. The Balaban J connectivity index is 2.15. The number of carbonyl (C=O) groups is 1. The molecule has 3 heteroatoms. The maximum atomic E-state index is 11.3. The number of carboxylic acids is 1. The van der Waals surface area contributed by atoms with Crippen LogP contribution in [0.15, 0.2) is 17.5 Å². The second kappa shape index (κ2) is 4.79. The molecular weight excluding hydrogens is 208 g/mol. The summed E-state index contributed by atoms with van der Waals surface area (Å²) in [6.45, 7) is 0. The molecule has 0 amide bonds. The Morgan fingerprint density at radius 3 is 2.67 bits per heavy atom. The van der Waals surface area contributed by atoms with Gasteiger partial charge in [-0.15, -0.1) is 11.3 Å². The zero-order valence-electron chi connectivity index (χ0n) is 8.69. The third-order valence-corrected chi connectivity index (χ3v) is 4.19. The molecule has 2 rings (SSSR count). The lowest BCUT2D eigenvalue weighted by molar-refractivity contribution is -0.140. The van der Waals surface area contributed by atoms with Gasteiger partial charge in [0.25, 0.3) is 0 Å². The number of rotatable bonds is 3. The van der Waals surface area contributed by atoms with Gasteiger partial charge in [-0.3, -0.25) is 4.79 Å². The molecule has 0 aromatic carbocycles. The van der Waals surface area contributed by atoms with Crippen molar-refractivity contribution < 1.29 is 9.90 Å². The molecule has 2 nitrogen and oxygen atoms in total. The van der Waals surface area contributed by atoms with Crippen LogP contribution in [0.1, 0.15) is 42.9 Å². The maximum absolute atomic E-state index is 11.3. The lowest BCUT2D eigenvalue weighted by atomic mass is 9.79. The molecule has 1 aliphatic rings. The molecule has 0 bridgehead atoms. The van der Waals surface area contributed by atoms with Crippen molar-refractivity contribution in [3.05, 3.63) is 22.4 Å². The molecule has 1 fully saturated rings. The van der Waals surface area contributed by atoms with Gasteiger partial charge in [-0.2, -0.15) is 0 Å². The van der Waals surface area contributed by atoms with Crippen LogP contribution in [0, 0.1) is 5.92 Å². The minimum Gasteiger partial charge on any atom is -0.481 e. The summed E-state index contributed by atoms with van der Waals surface area (Å²) in [7, 11) is 0. The van der Waals surface area contributed by atoms with Crippen LogP contribution in [0.25, 0.3) is 0 Å². The lowest BCUT2D eigenvalue weighted by Crippen LogP contribution is -2.22. The summed E-state index contributed by atoms with van der Waals surface area (Å²) in [5.74, 6) is -0.551. The minimum atomic E-state index is -0.649. The van der Waals surface area contributed by atoms with Crippen LogP contribution in [0.4, 0.5) is 0 Å². The summed E-state index contributed by atoms with van der Waals surface area (Å²) in [5, 5.41) is 11.3. The van der Waals surface area contributed by atoms with Gasteiger partial charge in [-0.05, 0) is 30.2 Å². The quantitative estimate of drug-likeness (QED) is 0.853. The molecular formula is C12H16O2S. The van der Waals surface area contributed by atoms with Crippen LogP contribution < -0.4 is 0 Å². The fourth-order valence-electron chi connectivity index (χ4n) is 2.49. The van der Waals surface area contributed by atoms with E-state index in [1.165, 1.54) is 19.3 Å². The molecule has 15 heavy (non-hydrogen) atoms. The third-order valence-electron chi connectivity index (χ3n) is 3.24. The Morgan fingerprint density at radius 2 is 2.13 bits per heavy atom. The predicted octanol–water partition coefficient (Wildman–Crippen LogP) is 3.50. The van der Waals surface area contributed by atoms with Crippen LogP contribution in [0.3, 0.4) is 0 Å². The first-order valence-corrected chi connectivity index (χ1v) is 6.43. The van der Waals surface area contributed by atoms with Crippen molar-refractivity contribution in [1.29, 1.82) is 0 Å². The molecule has 0 saturated heterocycles. The van der Waals surface area contributed by atoms with E-state index in [-0.39, 0.29) is 5.92 Å². The van der Waals surface area contributed by atoms with Gasteiger partial charge in [-0.1, -0.05) is 25.3 Å². The highest BCUT2D eigenvalue weighted by Crippen LogP contribution is 2.37. The summed E-state index contributed by atoms with van der Waals surface area (Å²) in [4.78, 5) is 12.3. The molecule has 0 aliphatic heterocycles. The highest BCUT2D eigenvalue weighted by Gasteiger charge is 2.31. The van der Waals surface area contributed by atoms with Crippen LogP contribution in [-0.4, -0.2) is 11.1 Å². The van der Waals surface area contributed by atoms with Gasteiger partial charge in [0.15, 0.2) is 0 Å². The molecule has 1 saturated carbocycles. The Labute approximate surface area is 93.9 Å². The smallest absolute Gasteiger partial charge is 0.312 e. The average molecular weight is 224 g/mol. The van der Waals surface area contributed by atoms with Gasteiger partial charge in [0.1, 0.15) is 0 Å². The number of hydrogen-bond donors (Lipinski definition) is 1. The van der Waals surface area contributed by atoms with E-state index < -0.39 is 5.97 Å². The minimum absolute atomic E-state index is 0.259.